The molecule has 1 heterocycles. The lowest BCUT2D eigenvalue weighted by atomic mass is 10.2. The fourth-order valence-corrected chi connectivity index (χ4v) is 4.42. The van der Waals surface area contributed by atoms with E-state index in [0.717, 1.165) is 32.1 Å². The number of aromatic nitrogens is 1. The summed E-state index contributed by atoms with van der Waals surface area (Å²) in [5.41, 5.74) is 0.660. The van der Waals surface area contributed by atoms with E-state index >= 15 is 0 Å². The minimum Gasteiger partial charge on any atom is -0.390 e. The Morgan fingerprint density at radius 2 is 2.14 bits per heavy atom. The zero-order chi connectivity index (χ0) is 15.0. The topological polar surface area (TPSA) is 80.6 Å². The lowest BCUT2D eigenvalue weighted by Gasteiger charge is -2.19. The first kappa shape index (κ1) is 15.0. The van der Waals surface area contributed by atoms with Gasteiger partial charge < -0.3 is 14.4 Å². The van der Waals surface area contributed by atoms with Gasteiger partial charge in [0, 0.05) is 31.1 Å². The summed E-state index contributed by atoms with van der Waals surface area (Å²) in [5, 5.41) is 9.38. The predicted molar refractivity (Wildman–Crippen MR) is 77.4 cm³/mol. The first-order valence-electron chi connectivity index (χ1n) is 7.42. The van der Waals surface area contributed by atoms with E-state index in [1.54, 1.807) is 19.4 Å². The van der Waals surface area contributed by atoms with Crippen molar-refractivity contribution in [1.82, 2.24) is 9.29 Å². The summed E-state index contributed by atoms with van der Waals surface area (Å²) < 4.78 is 35.0. The third-order valence-corrected chi connectivity index (χ3v) is 5.84. The molecule has 2 saturated carbocycles. The molecule has 1 aromatic heterocycles. The quantitative estimate of drug-likeness (QED) is 0.826. The Bertz CT molecular complexity index is 606. The summed E-state index contributed by atoms with van der Waals surface area (Å²) in [6.45, 7) is -0.143. The number of sulfonamides is 1. The van der Waals surface area contributed by atoms with Gasteiger partial charge >= 0.3 is 0 Å². The molecule has 0 aliphatic heterocycles. The van der Waals surface area contributed by atoms with E-state index in [4.69, 9.17) is 4.74 Å². The van der Waals surface area contributed by atoms with Gasteiger partial charge in [0.15, 0.2) is 0 Å². The molecule has 118 valence electrons. The molecule has 7 heteroatoms. The fourth-order valence-electron chi connectivity index (χ4n) is 3.07. The van der Waals surface area contributed by atoms with Crippen LogP contribution in [0.4, 0.5) is 0 Å². The molecule has 0 bridgehead atoms. The minimum absolute atomic E-state index is 0.0531. The monoisotopic (exact) mass is 314 g/mol. The maximum atomic E-state index is 12.5. The van der Waals surface area contributed by atoms with Gasteiger partial charge in [-0.25, -0.2) is 13.1 Å². The SMILES string of the molecule is COC1CCCC1NS(=O)(=O)c1cc(CO)n(C2CC2)c1. The van der Waals surface area contributed by atoms with Crippen molar-refractivity contribution in [1.29, 1.82) is 0 Å². The Morgan fingerprint density at radius 3 is 2.76 bits per heavy atom. The average Bonchev–Trinajstić information content (AvgIpc) is 3.04. The standard InChI is InChI=1S/C14H22N2O4S/c1-20-14-4-2-3-13(14)15-21(18,19)12-7-11(9-17)16(8-12)10-5-6-10/h7-8,10,13-15,17H,2-6,9H2,1H3. The Balaban J connectivity index is 1.81. The molecule has 2 fully saturated rings. The first-order valence-corrected chi connectivity index (χ1v) is 8.90. The molecule has 1 aromatic rings. The number of nitrogens with zero attached hydrogens (tertiary/aromatic N) is 1. The summed E-state index contributed by atoms with van der Waals surface area (Å²) in [6, 6.07) is 1.74. The summed E-state index contributed by atoms with van der Waals surface area (Å²) in [4.78, 5) is 0.236. The molecule has 0 aromatic carbocycles. The Labute approximate surface area is 125 Å². The fraction of sp³-hybridized carbons (Fsp3) is 0.714. The molecule has 3 rings (SSSR count). The normalized spacial score (nSPS) is 26.4. The van der Waals surface area contributed by atoms with Gasteiger partial charge in [-0.15, -0.1) is 0 Å². The molecule has 2 atom stereocenters. The third kappa shape index (κ3) is 3.01. The van der Waals surface area contributed by atoms with E-state index < -0.39 is 10.0 Å². The number of hydrogen-bond donors (Lipinski definition) is 2. The van der Waals surface area contributed by atoms with Crippen molar-refractivity contribution in [3.63, 3.8) is 0 Å². The second-order valence-corrected chi connectivity index (χ2v) is 7.61. The van der Waals surface area contributed by atoms with Gasteiger partial charge in [-0.05, 0) is 38.2 Å². The number of hydrogen-bond acceptors (Lipinski definition) is 4. The van der Waals surface area contributed by atoms with Crippen LogP contribution >= 0.6 is 0 Å². The van der Waals surface area contributed by atoms with Crippen molar-refractivity contribution in [3.05, 3.63) is 18.0 Å². The van der Waals surface area contributed by atoms with Crippen molar-refractivity contribution in [2.75, 3.05) is 7.11 Å². The molecule has 2 aliphatic rings. The van der Waals surface area contributed by atoms with Crippen molar-refractivity contribution in [2.24, 2.45) is 0 Å². The van der Waals surface area contributed by atoms with Crippen LogP contribution in [0, 0.1) is 0 Å². The highest BCUT2D eigenvalue weighted by atomic mass is 32.2. The second kappa shape index (κ2) is 5.72. The van der Waals surface area contributed by atoms with Crippen LogP contribution in [0.5, 0.6) is 0 Å². The highest BCUT2D eigenvalue weighted by Gasteiger charge is 2.33. The van der Waals surface area contributed by atoms with Crippen molar-refractivity contribution in [3.8, 4) is 0 Å². The second-order valence-electron chi connectivity index (χ2n) is 5.90. The van der Waals surface area contributed by atoms with E-state index in [-0.39, 0.29) is 23.6 Å². The molecule has 2 N–H and O–H groups in total. The Hall–Kier alpha value is -0.890. The van der Waals surface area contributed by atoms with Crippen LogP contribution in [0.2, 0.25) is 0 Å². The van der Waals surface area contributed by atoms with Crippen LogP contribution in [0.25, 0.3) is 0 Å². The zero-order valence-electron chi connectivity index (χ0n) is 12.2. The molecule has 2 unspecified atom stereocenters. The average molecular weight is 314 g/mol. The van der Waals surface area contributed by atoms with Crippen LogP contribution in [0.1, 0.15) is 43.8 Å². The van der Waals surface area contributed by atoms with E-state index in [1.165, 1.54) is 0 Å². The van der Waals surface area contributed by atoms with Gasteiger partial charge in [-0.1, -0.05) is 0 Å². The van der Waals surface area contributed by atoms with Crippen LogP contribution in [-0.4, -0.2) is 37.3 Å². The van der Waals surface area contributed by atoms with Gasteiger partial charge in [-0.3, -0.25) is 0 Å². The maximum absolute atomic E-state index is 12.5. The number of ether oxygens (including phenoxy) is 1. The summed E-state index contributed by atoms with van der Waals surface area (Å²) in [7, 11) is -1.95. The Kier molecular flexibility index (Phi) is 4.09. The number of aliphatic hydroxyl groups is 1. The third-order valence-electron chi connectivity index (χ3n) is 4.38. The summed E-state index contributed by atoms with van der Waals surface area (Å²) >= 11 is 0. The Morgan fingerprint density at radius 1 is 1.38 bits per heavy atom. The maximum Gasteiger partial charge on any atom is 0.242 e. The molecule has 0 saturated heterocycles. The molecule has 21 heavy (non-hydrogen) atoms. The van der Waals surface area contributed by atoms with E-state index in [2.05, 4.69) is 4.72 Å². The first-order chi connectivity index (χ1) is 10.0. The highest BCUT2D eigenvalue weighted by molar-refractivity contribution is 7.89. The van der Waals surface area contributed by atoms with Crippen LogP contribution in [-0.2, 0) is 21.4 Å². The lowest BCUT2D eigenvalue weighted by molar-refractivity contribution is 0.0916. The zero-order valence-corrected chi connectivity index (χ0v) is 13.0. The number of aliphatic hydroxyl groups excluding tert-OH is 1. The molecular weight excluding hydrogens is 292 g/mol. The molecule has 0 radical (unpaired) electrons. The van der Waals surface area contributed by atoms with Gasteiger partial charge in [0.2, 0.25) is 10.0 Å². The molecule has 0 amide bonds. The smallest absolute Gasteiger partial charge is 0.242 e. The van der Waals surface area contributed by atoms with Crippen molar-refractivity contribution in [2.45, 2.75) is 61.8 Å². The molecule has 6 nitrogen and oxygen atoms in total. The van der Waals surface area contributed by atoms with Crippen molar-refractivity contribution < 1.29 is 18.3 Å². The van der Waals surface area contributed by atoms with Crippen LogP contribution in [0.3, 0.4) is 0 Å². The molecular formula is C14H22N2O4S. The van der Waals surface area contributed by atoms with Gasteiger partial charge in [-0.2, -0.15) is 0 Å². The summed E-state index contributed by atoms with van der Waals surface area (Å²) in [6.07, 6.45) is 6.33. The molecule has 0 spiro atoms. The number of methoxy groups -OCH3 is 1. The molecule has 2 aliphatic carbocycles. The van der Waals surface area contributed by atoms with Crippen LogP contribution < -0.4 is 4.72 Å². The summed E-state index contributed by atoms with van der Waals surface area (Å²) in [5.74, 6) is 0. The van der Waals surface area contributed by atoms with Gasteiger partial charge in [0.1, 0.15) is 0 Å². The van der Waals surface area contributed by atoms with E-state index in [1.807, 2.05) is 4.57 Å². The van der Waals surface area contributed by atoms with E-state index in [0.29, 0.717) is 11.7 Å². The number of nitrogens with one attached hydrogen (secondary N) is 1. The lowest BCUT2D eigenvalue weighted by Crippen LogP contribution is -2.40. The minimum atomic E-state index is -3.57. The van der Waals surface area contributed by atoms with Crippen molar-refractivity contribution >= 4 is 10.0 Å². The van der Waals surface area contributed by atoms with E-state index in [9.17, 15) is 13.5 Å². The number of rotatable bonds is 6. The van der Waals surface area contributed by atoms with Crippen LogP contribution in [0.15, 0.2) is 17.2 Å². The predicted octanol–water partition coefficient (Wildman–Crippen LogP) is 1.16. The van der Waals surface area contributed by atoms with Gasteiger partial charge in [0.05, 0.1) is 17.6 Å². The largest absolute Gasteiger partial charge is 0.390 e. The highest BCUT2D eigenvalue weighted by Crippen LogP contribution is 2.37. The van der Waals surface area contributed by atoms with Gasteiger partial charge in [0.25, 0.3) is 0 Å².